The Morgan fingerprint density at radius 2 is 1.58 bits per heavy atom. The molecule has 31 heavy (non-hydrogen) atoms. The molecule has 3 aromatic rings. The van der Waals surface area contributed by atoms with Crippen molar-refractivity contribution in [1.82, 2.24) is 5.32 Å². The third-order valence-electron chi connectivity index (χ3n) is 4.80. The third kappa shape index (κ3) is 4.65. The van der Waals surface area contributed by atoms with E-state index in [4.69, 9.17) is 9.47 Å². The summed E-state index contributed by atoms with van der Waals surface area (Å²) in [5.74, 6) is 1.10. The van der Waals surface area contributed by atoms with Gasteiger partial charge in [-0.1, -0.05) is 30.3 Å². The highest BCUT2D eigenvalue weighted by Crippen LogP contribution is 2.30. The van der Waals surface area contributed by atoms with Crippen LogP contribution in [0.25, 0.3) is 0 Å². The average Bonchev–Trinajstić information content (AvgIpc) is 2.81. The van der Waals surface area contributed by atoms with Crippen molar-refractivity contribution < 1.29 is 14.3 Å². The summed E-state index contributed by atoms with van der Waals surface area (Å²) in [6.45, 7) is 0. The standard InChI is InChI=1S/C24H20N4O3/c1-30-18-11-7-16(8-12-18)22-21(15-25)23(29)28-24(27-22)26-17-9-13-20(14-10-17)31-19-5-3-2-4-6-19/h2-14,21-22H,1H3,(H2,26,27,28,29). The number of benzene rings is 3. The average molecular weight is 412 g/mol. The second-order valence-electron chi connectivity index (χ2n) is 6.86. The van der Waals surface area contributed by atoms with Crippen molar-refractivity contribution in [2.45, 2.75) is 6.04 Å². The number of carbonyl (C=O) groups is 1. The fourth-order valence-corrected chi connectivity index (χ4v) is 3.21. The van der Waals surface area contributed by atoms with E-state index in [0.29, 0.717) is 11.5 Å². The number of amides is 1. The number of ether oxygens (including phenoxy) is 2. The van der Waals surface area contributed by atoms with Crippen molar-refractivity contribution in [2.75, 3.05) is 12.4 Å². The Morgan fingerprint density at radius 1 is 0.935 bits per heavy atom. The van der Waals surface area contributed by atoms with Gasteiger partial charge in [0.1, 0.15) is 23.3 Å². The van der Waals surface area contributed by atoms with Crippen LogP contribution in [0.15, 0.2) is 83.9 Å². The van der Waals surface area contributed by atoms with Crippen LogP contribution in [0.3, 0.4) is 0 Å². The molecule has 0 fully saturated rings. The number of rotatable bonds is 5. The number of carbonyl (C=O) groups excluding carboxylic acids is 1. The van der Waals surface area contributed by atoms with Gasteiger partial charge in [0.25, 0.3) is 0 Å². The summed E-state index contributed by atoms with van der Waals surface area (Å²) in [6.07, 6.45) is 0. The molecule has 0 saturated carbocycles. The van der Waals surface area contributed by atoms with Crippen LogP contribution in [0.4, 0.5) is 5.69 Å². The van der Waals surface area contributed by atoms with Crippen LogP contribution in [-0.4, -0.2) is 19.0 Å². The lowest BCUT2D eigenvalue weighted by molar-refractivity contribution is -0.122. The van der Waals surface area contributed by atoms with Crippen LogP contribution < -0.4 is 20.1 Å². The molecule has 154 valence electrons. The molecule has 2 unspecified atom stereocenters. The number of nitrogens with zero attached hydrogens (tertiary/aromatic N) is 2. The molecule has 0 radical (unpaired) electrons. The van der Waals surface area contributed by atoms with E-state index in [1.165, 1.54) is 0 Å². The summed E-state index contributed by atoms with van der Waals surface area (Å²) in [5, 5.41) is 15.2. The molecule has 1 aliphatic rings. The van der Waals surface area contributed by atoms with E-state index in [1.54, 1.807) is 19.2 Å². The molecule has 0 saturated heterocycles. The summed E-state index contributed by atoms with van der Waals surface area (Å²) < 4.78 is 11.0. The second-order valence-corrected chi connectivity index (χ2v) is 6.86. The number of anilines is 1. The number of guanidine groups is 1. The quantitative estimate of drug-likeness (QED) is 0.653. The van der Waals surface area contributed by atoms with Gasteiger partial charge in [-0.05, 0) is 54.1 Å². The summed E-state index contributed by atoms with van der Waals surface area (Å²) in [4.78, 5) is 17.1. The Balaban J connectivity index is 1.52. The van der Waals surface area contributed by atoms with E-state index in [0.717, 1.165) is 17.0 Å². The number of hydrogen-bond acceptors (Lipinski definition) is 6. The predicted octanol–water partition coefficient (Wildman–Crippen LogP) is 4.27. The highest BCUT2D eigenvalue weighted by atomic mass is 16.5. The van der Waals surface area contributed by atoms with E-state index < -0.39 is 17.9 Å². The molecule has 0 bridgehead atoms. The van der Waals surface area contributed by atoms with Crippen LogP contribution in [0, 0.1) is 17.2 Å². The van der Waals surface area contributed by atoms with Gasteiger partial charge in [0, 0.05) is 5.69 Å². The minimum absolute atomic E-state index is 0.286. The molecule has 1 heterocycles. The summed E-state index contributed by atoms with van der Waals surface area (Å²) >= 11 is 0. The number of para-hydroxylation sites is 1. The van der Waals surface area contributed by atoms with Crippen molar-refractivity contribution >= 4 is 17.6 Å². The number of nitrogens with one attached hydrogen (secondary N) is 2. The molecule has 0 aromatic heterocycles. The predicted molar refractivity (Wildman–Crippen MR) is 117 cm³/mol. The van der Waals surface area contributed by atoms with E-state index in [2.05, 4.69) is 21.7 Å². The number of hydrogen-bond donors (Lipinski definition) is 2. The molecule has 3 aromatic carbocycles. The van der Waals surface area contributed by atoms with Crippen LogP contribution in [0.1, 0.15) is 11.6 Å². The molecule has 1 aliphatic heterocycles. The lowest BCUT2D eigenvalue weighted by atomic mass is 9.92. The van der Waals surface area contributed by atoms with Gasteiger partial charge < -0.3 is 14.8 Å². The number of aliphatic imine (C=N–C) groups is 1. The summed E-state index contributed by atoms with van der Waals surface area (Å²) in [6, 6.07) is 25.4. The van der Waals surface area contributed by atoms with Crippen molar-refractivity contribution in [3.05, 3.63) is 84.4 Å². The van der Waals surface area contributed by atoms with Crippen molar-refractivity contribution in [3.8, 4) is 23.3 Å². The zero-order valence-corrected chi connectivity index (χ0v) is 16.8. The maximum Gasteiger partial charge on any atom is 0.246 e. The Bertz CT molecular complexity index is 1120. The first-order chi connectivity index (χ1) is 15.2. The van der Waals surface area contributed by atoms with Gasteiger partial charge in [-0.3, -0.25) is 10.1 Å². The monoisotopic (exact) mass is 412 g/mol. The SMILES string of the molecule is COc1ccc(C2N=C(Nc3ccc(Oc4ccccc4)cc3)NC(=O)C2C#N)cc1. The zero-order chi connectivity index (χ0) is 21.6. The lowest BCUT2D eigenvalue weighted by Gasteiger charge is -2.25. The largest absolute Gasteiger partial charge is 0.497 e. The molecule has 0 spiro atoms. The summed E-state index contributed by atoms with van der Waals surface area (Å²) in [7, 11) is 1.58. The lowest BCUT2D eigenvalue weighted by Crippen LogP contribution is -2.45. The van der Waals surface area contributed by atoms with Gasteiger partial charge in [-0.25, -0.2) is 4.99 Å². The second kappa shape index (κ2) is 9.01. The summed E-state index contributed by atoms with van der Waals surface area (Å²) in [5.41, 5.74) is 1.48. The first kappa shape index (κ1) is 20.0. The minimum atomic E-state index is -0.916. The van der Waals surface area contributed by atoms with Gasteiger partial charge in [-0.2, -0.15) is 5.26 Å². The highest BCUT2D eigenvalue weighted by Gasteiger charge is 2.34. The highest BCUT2D eigenvalue weighted by molar-refractivity contribution is 6.07. The van der Waals surface area contributed by atoms with Crippen molar-refractivity contribution in [3.63, 3.8) is 0 Å². The Labute approximate surface area is 180 Å². The maximum atomic E-state index is 12.5. The van der Waals surface area contributed by atoms with Gasteiger partial charge in [0.15, 0.2) is 5.92 Å². The van der Waals surface area contributed by atoms with Crippen molar-refractivity contribution in [2.24, 2.45) is 10.9 Å². The van der Waals surface area contributed by atoms with Crippen LogP contribution in [0.5, 0.6) is 17.2 Å². The molecule has 0 aliphatic carbocycles. The minimum Gasteiger partial charge on any atom is -0.497 e. The van der Waals surface area contributed by atoms with Gasteiger partial charge in [0.2, 0.25) is 11.9 Å². The van der Waals surface area contributed by atoms with Crippen LogP contribution >= 0.6 is 0 Å². The first-order valence-corrected chi connectivity index (χ1v) is 9.68. The maximum absolute atomic E-state index is 12.5. The first-order valence-electron chi connectivity index (χ1n) is 9.68. The van der Waals surface area contributed by atoms with Crippen LogP contribution in [-0.2, 0) is 4.79 Å². The molecule has 4 rings (SSSR count). The fourth-order valence-electron chi connectivity index (χ4n) is 3.21. The molecular formula is C24H20N4O3. The van der Waals surface area contributed by atoms with E-state index in [9.17, 15) is 10.1 Å². The Hall–Kier alpha value is -4.31. The molecule has 1 amide bonds. The van der Waals surface area contributed by atoms with Gasteiger partial charge in [0.05, 0.1) is 13.2 Å². The molecule has 2 atom stereocenters. The molecule has 7 heteroatoms. The third-order valence-corrected chi connectivity index (χ3v) is 4.80. The van der Waals surface area contributed by atoms with E-state index in [-0.39, 0.29) is 5.96 Å². The zero-order valence-electron chi connectivity index (χ0n) is 16.8. The molecular weight excluding hydrogens is 392 g/mol. The van der Waals surface area contributed by atoms with E-state index in [1.807, 2.05) is 66.7 Å². The number of nitriles is 1. The van der Waals surface area contributed by atoms with E-state index >= 15 is 0 Å². The normalized spacial score (nSPS) is 17.7. The molecule has 7 nitrogen and oxygen atoms in total. The fraction of sp³-hybridized carbons (Fsp3) is 0.125. The Morgan fingerprint density at radius 3 is 2.23 bits per heavy atom. The van der Waals surface area contributed by atoms with Gasteiger partial charge in [-0.15, -0.1) is 0 Å². The van der Waals surface area contributed by atoms with Gasteiger partial charge >= 0.3 is 0 Å². The van der Waals surface area contributed by atoms with Crippen LogP contribution in [0.2, 0.25) is 0 Å². The smallest absolute Gasteiger partial charge is 0.246 e. The number of methoxy groups -OCH3 is 1. The topological polar surface area (TPSA) is 95.7 Å². The Kier molecular flexibility index (Phi) is 5.81. The molecule has 2 N–H and O–H groups in total. The van der Waals surface area contributed by atoms with Crippen molar-refractivity contribution in [1.29, 1.82) is 5.26 Å².